The van der Waals surface area contributed by atoms with Gasteiger partial charge in [-0.1, -0.05) is 11.6 Å². The van der Waals surface area contributed by atoms with E-state index in [-0.39, 0.29) is 11.6 Å². The van der Waals surface area contributed by atoms with Gasteiger partial charge < -0.3 is 9.73 Å². The third kappa shape index (κ3) is 4.16. The molecule has 0 saturated carbocycles. The summed E-state index contributed by atoms with van der Waals surface area (Å²) in [6.07, 6.45) is -3.39. The van der Waals surface area contributed by atoms with Gasteiger partial charge >= 0.3 is 6.18 Å². The molecule has 4 nitrogen and oxygen atoms in total. The zero-order valence-electron chi connectivity index (χ0n) is 13.0. The fourth-order valence-electron chi connectivity index (χ4n) is 2.26. The second-order valence-electron chi connectivity index (χ2n) is 5.25. The summed E-state index contributed by atoms with van der Waals surface area (Å²) in [5.74, 6) is -4.69. The van der Waals surface area contributed by atoms with E-state index in [9.17, 15) is 26.3 Å². The smallest absolute Gasteiger partial charge is 0.405 e. The van der Waals surface area contributed by atoms with E-state index in [1.165, 1.54) is 18.4 Å². The van der Waals surface area contributed by atoms with Gasteiger partial charge in [0.2, 0.25) is 0 Å². The van der Waals surface area contributed by atoms with Crippen LogP contribution >= 0.6 is 11.6 Å². The topological polar surface area (TPSA) is 51.0 Å². The second kappa shape index (κ2) is 7.10. The Bertz CT molecular complexity index is 952. The first-order chi connectivity index (χ1) is 12.7. The highest BCUT2D eigenvalue weighted by Crippen LogP contribution is 2.38. The number of furan rings is 1. The lowest BCUT2D eigenvalue weighted by atomic mass is 10.1. The van der Waals surface area contributed by atoms with Crippen LogP contribution in [0.5, 0.6) is 0 Å². The molecule has 27 heavy (non-hydrogen) atoms. The van der Waals surface area contributed by atoms with E-state index in [0.717, 1.165) is 0 Å². The lowest BCUT2D eigenvalue weighted by Crippen LogP contribution is -2.22. The fraction of sp³-hybridized carbons (Fsp3) is 0.125. The van der Waals surface area contributed by atoms with E-state index in [4.69, 9.17) is 16.0 Å². The predicted octanol–water partition coefficient (Wildman–Crippen LogP) is 5.45. The Morgan fingerprint density at radius 1 is 1.04 bits per heavy atom. The van der Waals surface area contributed by atoms with Crippen LogP contribution in [0.3, 0.4) is 0 Å². The molecule has 0 aliphatic heterocycles. The van der Waals surface area contributed by atoms with Crippen molar-refractivity contribution < 1.29 is 30.8 Å². The summed E-state index contributed by atoms with van der Waals surface area (Å²) in [6.45, 7) is -1.56. The second-order valence-corrected chi connectivity index (χ2v) is 5.61. The molecule has 142 valence electrons. The molecule has 0 bridgehead atoms. The number of anilines is 1. The zero-order chi connectivity index (χ0) is 19.8. The summed E-state index contributed by atoms with van der Waals surface area (Å²) in [5.41, 5.74) is -1.44. The van der Waals surface area contributed by atoms with Crippen molar-refractivity contribution in [3.8, 4) is 22.7 Å². The lowest BCUT2D eigenvalue weighted by Gasteiger charge is -2.16. The SMILES string of the molecule is Fc1cc(F)c(-c2c(Cl)nc(-c3ccco3)nc2NCC(F)(F)F)c(F)c1. The minimum Gasteiger partial charge on any atom is -0.461 e. The van der Waals surface area contributed by atoms with Crippen LogP contribution in [-0.4, -0.2) is 22.7 Å². The van der Waals surface area contributed by atoms with Gasteiger partial charge in [-0.15, -0.1) is 0 Å². The Morgan fingerprint density at radius 3 is 2.26 bits per heavy atom. The van der Waals surface area contributed by atoms with Crippen LogP contribution in [0.2, 0.25) is 5.15 Å². The van der Waals surface area contributed by atoms with Crippen LogP contribution in [0, 0.1) is 17.5 Å². The van der Waals surface area contributed by atoms with Crippen LogP contribution in [0.4, 0.5) is 32.2 Å². The first kappa shape index (κ1) is 19.0. The summed E-state index contributed by atoms with van der Waals surface area (Å²) in [6, 6.07) is 3.62. The first-order valence-electron chi connectivity index (χ1n) is 7.22. The van der Waals surface area contributed by atoms with Crippen molar-refractivity contribution in [3.05, 3.63) is 53.1 Å². The summed E-state index contributed by atoms with van der Waals surface area (Å²) >= 11 is 5.98. The van der Waals surface area contributed by atoms with Crippen molar-refractivity contribution in [1.29, 1.82) is 0 Å². The normalized spacial score (nSPS) is 11.7. The molecule has 0 radical (unpaired) electrons. The number of benzene rings is 1. The van der Waals surface area contributed by atoms with Crippen molar-refractivity contribution in [1.82, 2.24) is 9.97 Å². The molecule has 0 unspecified atom stereocenters. The van der Waals surface area contributed by atoms with E-state index < -0.39 is 52.3 Å². The van der Waals surface area contributed by atoms with E-state index in [1.807, 2.05) is 5.32 Å². The van der Waals surface area contributed by atoms with E-state index in [1.54, 1.807) is 0 Å². The molecule has 0 aliphatic carbocycles. The Kier molecular flexibility index (Phi) is 5.01. The Morgan fingerprint density at radius 2 is 1.70 bits per heavy atom. The Hall–Kier alpha value is -2.75. The molecule has 2 aromatic heterocycles. The molecular formula is C16H8ClF6N3O. The first-order valence-corrected chi connectivity index (χ1v) is 7.60. The maximum atomic E-state index is 14.1. The van der Waals surface area contributed by atoms with Crippen LogP contribution < -0.4 is 5.32 Å². The molecule has 0 saturated heterocycles. The number of nitrogens with zero attached hydrogens (tertiary/aromatic N) is 2. The summed E-state index contributed by atoms with van der Waals surface area (Å²) in [5, 5.41) is 1.38. The standard InChI is InChI=1S/C16H8ClF6N3O/c17-13-12(11-8(19)4-7(18)5-9(11)20)15(24-6-16(21,22)23)26-14(25-13)10-2-1-3-27-10/h1-5H,6H2,(H,24,25,26). The monoisotopic (exact) mass is 407 g/mol. The van der Waals surface area contributed by atoms with Crippen molar-refractivity contribution in [2.24, 2.45) is 0 Å². The van der Waals surface area contributed by atoms with E-state index in [2.05, 4.69) is 9.97 Å². The molecule has 1 aromatic carbocycles. The molecule has 0 atom stereocenters. The van der Waals surface area contributed by atoms with E-state index >= 15 is 0 Å². The van der Waals surface area contributed by atoms with Gasteiger partial charge in [0.15, 0.2) is 11.6 Å². The molecular weight excluding hydrogens is 400 g/mol. The van der Waals surface area contributed by atoms with Crippen LogP contribution in [0.1, 0.15) is 0 Å². The number of aromatic nitrogens is 2. The van der Waals surface area contributed by atoms with Crippen LogP contribution in [0.15, 0.2) is 34.9 Å². The number of hydrogen-bond donors (Lipinski definition) is 1. The number of rotatable bonds is 4. The van der Waals surface area contributed by atoms with Gasteiger partial charge in [-0.25, -0.2) is 23.1 Å². The van der Waals surface area contributed by atoms with Crippen molar-refractivity contribution in [2.45, 2.75) is 6.18 Å². The van der Waals surface area contributed by atoms with Gasteiger partial charge in [0, 0.05) is 12.1 Å². The largest absolute Gasteiger partial charge is 0.461 e. The summed E-state index contributed by atoms with van der Waals surface area (Å²) in [4.78, 5) is 7.65. The Labute approximate surface area is 152 Å². The van der Waals surface area contributed by atoms with Gasteiger partial charge in [0.05, 0.1) is 17.4 Å². The third-order valence-electron chi connectivity index (χ3n) is 3.32. The molecule has 0 fully saturated rings. The highest BCUT2D eigenvalue weighted by atomic mass is 35.5. The summed E-state index contributed by atoms with van der Waals surface area (Å²) < 4.78 is 84.3. The van der Waals surface area contributed by atoms with Crippen LogP contribution in [-0.2, 0) is 0 Å². The van der Waals surface area contributed by atoms with Crippen molar-refractivity contribution >= 4 is 17.4 Å². The number of hydrogen-bond acceptors (Lipinski definition) is 4. The molecule has 11 heteroatoms. The molecule has 0 amide bonds. The molecule has 1 N–H and O–H groups in total. The number of alkyl halides is 3. The van der Waals surface area contributed by atoms with E-state index in [0.29, 0.717) is 12.1 Å². The van der Waals surface area contributed by atoms with Crippen LogP contribution in [0.25, 0.3) is 22.7 Å². The minimum atomic E-state index is -4.65. The molecule has 0 spiro atoms. The minimum absolute atomic E-state index is 0.0681. The Balaban J connectivity index is 2.20. The van der Waals surface area contributed by atoms with Gasteiger partial charge in [0.25, 0.3) is 0 Å². The average Bonchev–Trinajstić information content (AvgIpc) is 3.07. The highest BCUT2D eigenvalue weighted by Gasteiger charge is 2.29. The lowest BCUT2D eigenvalue weighted by molar-refractivity contribution is -0.115. The van der Waals surface area contributed by atoms with Gasteiger partial charge in [-0.3, -0.25) is 0 Å². The number of halogens is 7. The van der Waals surface area contributed by atoms with Gasteiger partial charge in [-0.2, -0.15) is 13.2 Å². The third-order valence-corrected chi connectivity index (χ3v) is 3.59. The molecule has 3 aromatic rings. The fourth-order valence-corrected chi connectivity index (χ4v) is 2.53. The van der Waals surface area contributed by atoms with Gasteiger partial charge in [-0.05, 0) is 12.1 Å². The molecule has 2 heterocycles. The number of nitrogens with one attached hydrogen (secondary N) is 1. The maximum absolute atomic E-state index is 14.1. The maximum Gasteiger partial charge on any atom is 0.405 e. The quantitative estimate of drug-likeness (QED) is 0.461. The molecule has 0 aliphatic rings. The van der Waals surface area contributed by atoms with Crippen molar-refractivity contribution in [2.75, 3.05) is 11.9 Å². The zero-order valence-corrected chi connectivity index (χ0v) is 13.8. The highest BCUT2D eigenvalue weighted by molar-refractivity contribution is 6.32. The van der Waals surface area contributed by atoms with Crippen molar-refractivity contribution in [3.63, 3.8) is 0 Å². The summed E-state index contributed by atoms with van der Waals surface area (Å²) in [7, 11) is 0. The molecule has 3 rings (SSSR count). The van der Waals surface area contributed by atoms with Gasteiger partial charge in [0.1, 0.15) is 35.0 Å². The predicted molar refractivity (Wildman–Crippen MR) is 84.6 cm³/mol. The average molecular weight is 408 g/mol.